The Balaban J connectivity index is 1.80. The minimum absolute atomic E-state index is 0.460. The van der Waals surface area contributed by atoms with Crippen molar-refractivity contribution in [2.75, 3.05) is 18.4 Å². The van der Waals surface area contributed by atoms with Crippen LogP contribution in [0.3, 0.4) is 0 Å². The summed E-state index contributed by atoms with van der Waals surface area (Å²) in [6.07, 6.45) is 5.71. The summed E-state index contributed by atoms with van der Waals surface area (Å²) in [7, 11) is 0. The van der Waals surface area contributed by atoms with E-state index in [1.54, 1.807) is 0 Å². The third-order valence-corrected chi connectivity index (χ3v) is 4.72. The van der Waals surface area contributed by atoms with E-state index in [0.717, 1.165) is 25.5 Å². The van der Waals surface area contributed by atoms with E-state index in [4.69, 9.17) is 0 Å². The largest absolute Gasteiger partial charge is 0.370 e. The quantitative estimate of drug-likeness (QED) is 0.821. The van der Waals surface area contributed by atoms with Crippen LogP contribution < -0.4 is 5.32 Å². The molecule has 0 unspecified atom stereocenters. The molecule has 3 nitrogen and oxygen atoms in total. The average Bonchev–Trinajstić information content (AvgIpc) is 2.62. The fraction of sp³-hybridized carbons (Fsp3) is 0.476. The molecule has 3 rings (SSSR count). The first-order valence-electron chi connectivity index (χ1n) is 9.21. The number of piperidine rings is 1. The van der Waals surface area contributed by atoms with E-state index in [2.05, 4.69) is 71.5 Å². The van der Waals surface area contributed by atoms with E-state index in [-0.39, 0.29) is 0 Å². The second-order valence-corrected chi connectivity index (χ2v) is 7.18. The summed E-state index contributed by atoms with van der Waals surface area (Å²) in [6, 6.07) is 15.6. The smallest absolute Gasteiger partial charge is 0.130 e. The number of anilines is 1. The predicted molar refractivity (Wildman–Crippen MR) is 101 cm³/mol. The Kier molecular flexibility index (Phi) is 5.86. The molecule has 3 heteroatoms. The van der Waals surface area contributed by atoms with Crippen molar-refractivity contribution in [1.82, 2.24) is 9.88 Å². The van der Waals surface area contributed by atoms with Gasteiger partial charge in [0.15, 0.2) is 0 Å². The highest BCUT2D eigenvalue weighted by Crippen LogP contribution is 2.35. The molecule has 2 aromatic rings. The number of hydrogen-bond donors (Lipinski definition) is 1. The van der Waals surface area contributed by atoms with E-state index in [0.29, 0.717) is 12.0 Å². The molecule has 0 spiro atoms. The zero-order valence-corrected chi connectivity index (χ0v) is 14.9. The number of rotatable bonds is 6. The summed E-state index contributed by atoms with van der Waals surface area (Å²) >= 11 is 0. The number of aromatic nitrogens is 1. The van der Waals surface area contributed by atoms with Gasteiger partial charge >= 0.3 is 0 Å². The first kappa shape index (κ1) is 17.0. The molecule has 1 aromatic heterocycles. The van der Waals surface area contributed by atoms with Crippen molar-refractivity contribution in [3.05, 3.63) is 59.8 Å². The van der Waals surface area contributed by atoms with E-state index in [1.807, 2.05) is 6.20 Å². The molecule has 1 aliphatic heterocycles. The van der Waals surface area contributed by atoms with Crippen molar-refractivity contribution < 1.29 is 0 Å². The molecule has 0 bridgehead atoms. The number of hydrogen-bond acceptors (Lipinski definition) is 3. The summed E-state index contributed by atoms with van der Waals surface area (Å²) in [6.45, 7) is 7.62. The van der Waals surface area contributed by atoms with Crippen LogP contribution in [0.5, 0.6) is 0 Å². The topological polar surface area (TPSA) is 28.2 Å². The van der Waals surface area contributed by atoms with Gasteiger partial charge in [0, 0.05) is 30.9 Å². The van der Waals surface area contributed by atoms with E-state index >= 15 is 0 Å². The van der Waals surface area contributed by atoms with Crippen molar-refractivity contribution in [3.63, 3.8) is 0 Å². The van der Waals surface area contributed by atoms with Crippen LogP contribution in [0.1, 0.15) is 50.3 Å². The first-order valence-corrected chi connectivity index (χ1v) is 9.21. The van der Waals surface area contributed by atoms with Gasteiger partial charge in [-0.1, -0.05) is 56.7 Å². The van der Waals surface area contributed by atoms with Crippen LogP contribution in [0.15, 0.2) is 48.7 Å². The normalized spacial score (nSPS) is 18.7. The van der Waals surface area contributed by atoms with Crippen molar-refractivity contribution in [2.24, 2.45) is 5.92 Å². The summed E-state index contributed by atoms with van der Waals surface area (Å²) < 4.78 is 0. The molecule has 0 saturated carbocycles. The Morgan fingerprint density at radius 3 is 2.75 bits per heavy atom. The third kappa shape index (κ3) is 4.35. The van der Waals surface area contributed by atoms with Crippen LogP contribution in [0.4, 0.5) is 5.82 Å². The zero-order chi connectivity index (χ0) is 16.8. The molecule has 0 radical (unpaired) electrons. The molecule has 128 valence electrons. The van der Waals surface area contributed by atoms with Crippen LogP contribution in [-0.2, 0) is 6.54 Å². The lowest BCUT2D eigenvalue weighted by atomic mass is 9.94. The zero-order valence-electron chi connectivity index (χ0n) is 14.9. The monoisotopic (exact) mass is 323 g/mol. The van der Waals surface area contributed by atoms with Gasteiger partial charge in [-0.25, -0.2) is 4.98 Å². The molecule has 0 amide bonds. The highest BCUT2D eigenvalue weighted by atomic mass is 15.2. The molecule has 1 aliphatic rings. The van der Waals surface area contributed by atoms with Gasteiger partial charge < -0.3 is 5.32 Å². The second kappa shape index (κ2) is 8.29. The lowest BCUT2D eigenvalue weighted by Gasteiger charge is -2.36. The molecule has 1 aromatic carbocycles. The molecule has 1 atom stereocenters. The maximum atomic E-state index is 4.63. The molecule has 2 heterocycles. The standard InChI is InChI=1S/C21H29N3/c1-17(2)15-23-21-19(11-8-13-22-21)20-12-6-7-14-24(20)16-18-9-4-3-5-10-18/h3-5,8-11,13,17,20H,6-7,12,14-16H2,1-2H3,(H,22,23)/t20-/m1/s1. The maximum Gasteiger partial charge on any atom is 0.130 e. The van der Waals surface area contributed by atoms with E-state index in [1.165, 1.54) is 30.4 Å². The average molecular weight is 323 g/mol. The van der Waals surface area contributed by atoms with Gasteiger partial charge in [0.2, 0.25) is 0 Å². The lowest BCUT2D eigenvalue weighted by molar-refractivity contribution is 0.140. The highest BCUT2D eigenvalue weighted by molar-refractivity contribution is 5.46. The minimum atomic E-state index is 0.460. The number of benzene rings is 1. The third-order valence-electron chi connectivity index (χ3n) is 4.72. The van der Waals surface area contributed by atoms with Gasteiger partial charge in [-0.15, -0.1) is 0 Å². The Labute approximate surface area is 146 Å². The van der Waals surface area contributed by atoms with Gasteiger partial charge in [-0.3, -0.25) is 4.90 Å². The number of nitrogens with zero attached hydrogens (tertiary/aromatic N) is 2. The van der Waals surface area contributed by atoms with Crippen LogP contribution in [0.25, 0.3) is 0 Å². The molecule has 0 aliphatic carbocycles. The fourth-order valence-electron chi connectivity index (χ4n) is 3.49. The van der Waals surface area contributed by atoms with Gasteiger partial charge in [0.1, 0.15) is 5.82 Å². The van der Waals surface area contributed by atoms with Crippen molar-refractivity contribution in [3.8, 4) is 0 Å². The lowest BCUT2D eigenvalue weighted by Crippen LogP contribution is -2.33. The van der Waals surface area contributed by atoms with Crippen LogP contribution in [-0.4, -0.2) is 23.0 Å². The Morgan fingerprint density at radius 2 is 1.96 bits per heavy atom. The minimum Gasteiger partial charge on any atom is -0.370 e. The predicted octanol–water partition coefficient (Wildman–Crippen LogP) is 4.88. The van der Waals surface area contributed by atoms with Crippen LogP contribution in [0.2, 0.25) is 0 Å². The summed E-state index contributed by atoms with van der Waals surface area (Å²) in [5, 5.41) is 3.56. The van der Waals surface area contributed by atoms with Gasteiger partial charge in [-0.2, -0.15) is 0 Å². The number of nitrogens with one attached hydrogen (secondary N) is 1. The molecule has 1 N–H and O–H groups in total. The SMILES string of the molecule is CC(C)CNc1ncccc1[C@H]1CCCCN1Cc1ccccc1. The molecule has 24 heavy (non-hydrogen) atoms. The first-order chi connectivity index (χ1) is 11.7. The summed E-state index contributed by atoms with van der Waals surface area (Å²) in [5.41, 5.74) is 2.75. The van der Waals surface area contributed by atoms with Crippen LogP contribution >= 0.6 is 0 Å². The number of likely N-dealkylation sites (tertiary alicyclic amines) is 1. The fourth-order valence-corrected chi connectivity index (χ4v) is 3.49. The van der Waals surface area contributed by atoms with Crippen molar-refractivity contribution >= 4 is 5.82 Å². The van der Waals surface area contributed by atoms with E-state index in [9.17, 15) is 0 Å². The molecular weight excluding hydrogens is 294 g/mol. The van der Waals surface area contributed by atoms with Gasteiger partial charge in [0.05, 0.1) is 0 Å². The Bertz CT molecular complexity index is 624. The Morgan fingerprint density at radius 1 is 1.12 bits per heavy atom. The highest BCUT2D eigenvalue weighted by Gasteiger charge is 2.26. The molecule has 1 fully saturated rings. The summed E-state index contributed by atoms with van der Waals surface area (Å²) in [5.74, 6) is 1.68. The van der Waals surface area contributed by atoms with Gasteiger partial charge in [-0.05, 0) is 36.9 Å². The maximum absolute atomic E-state index is 4.63. The molecule has 1 saturated heterocycles. The Hall–Kier alpha value is -1.87. The van der Waals surface area contributed by atoms with Crippen LogP contribution in [0, 0.1) is 5.92 Å². The van der Waals surface area contributed by atoms with Crippen molar-refractivity contribution in [2.45, 2.75) is 45.7 Å². The van der Waals surface area contributed by atoms with E-state index < -0.39 is 0 Å². The van der Waals surface area contributed by atoms with Gasteiger partial charge in [0.25, 0.3) is 0 Å². The molecular formula is C21H29N3. The number of pyridine rings is 1. The summed E-state index contributed by atoms with van der Waals surface area (Å²) in [4.78, 5) is 7.25. The van der Waals surface area contributed by atoms with Crippen molar-refractivity contribution in [1.29, 1.82) is 0 Å². The second-order valence-electron chi connectivity index (χ2n) is 7.18.